The minimum atomic E-state index is -4.10. The van der Waals surface area contributed by atoms with Crippen LogP contribution in [0.5, 0.6) is 0 Å². The monoisotopic (exact) mass is 589 g/mol. The molecule has 0 spiro atoms. The fourth-order valence-corrected chi connectivity index (χ4v) is 7.15. The van der Waals surface area contributed by atoms with E-state index in [0.717, 1.165) is 53.5 Å². The normalized spacial score (nSPS) is 14.4. The van der Waals surface area contributed by atoms with Gasteiger partial charge in [-0.15, -0.1) is 0 Å². The first-order valence-electron chi connectivity index (χ1n) is 14.8. The second kappa shape index (κ2) is 13.6. The van der Waals surface area contributed by atoms with Gasteiger partial charge in [-0.2, -0.15) is 0 Å². The van der Waals surface area contributed by atoms with Crippen molar-refractivity contribution in [3.05, 3.63) is 94.5 Å². The molecule has 1 aliphatic carbocycles. The molecule has 3 aromatic rings. The van der Waals surface area contributed by atoms with E-state index in [0.29, 0.717) is 12.1 Å². The SMILES string of the molecule is CC[C@@H](C(=O)NC1CCCC1)N(Cc1cccc(C)c1)C(=O)CN(c1cc(C)cc(C)c1)S(=O)(=O)c1ccc(C)cc1. The van der Waals surface area contributed by atoms with Crippen LogP contribution in [-0.4, -0.2) is 43.8 Å². The van der Waals surface area contributed by atoms with Crippen molar-refractivity contribution in [2.45, 2.75) is 90.2 Å². The van der Waals surface area contributed by atoms with Crippen molar-refractivity contribution in [1.82, 2.24) is 10.2 Å². The van der Waals surface area contributed by atoms with Gasteiger partial charge in [0.05, 0.1) is 10.6 Å². The Labute approximate surface area is 251 Å². The molecule has 0 aliphatic heterocycles. The van der Waals surface area contributed by atoms with Gasteiger partial charge in [-0.3, -0.25) is 13.9 Å². The quantitative estimate of drug-likeness (QED) is 0.298. The largest absolute Gasteiger partial charge is 0.352 e. The molecule has 4 rings (SSSR count). The van der Waals surface area contributed by atoms with Gasteiger partial charge in [0, 0.05) is 12.6 Å². The van der Waals surface area contributed by atoms with Gasteiger partial charge >= 0.3 is 0 Å². The van der Waals surface area contributed by atoms with Gasteiger partial charge < -0.3 is 10.2 Å². The molecule has 1 aliphatic rings. The third-order valence-electron chi connectivity index (χ3n) is 7.91. The fraction of sp³-hybridized carbons (Fsp3) is 0.412. The molecule has 224 valence electrons. The van der Waals surface area contributed by atoms with Crippen LogP contribution in [0.2, 0.25) is 0 Å². The number of benzene rings is 3. The maximum Gasteiger partial charge on any atom is 0.264 e. The summed E-state index contributed by atoms with van der Waals surface area (Å²) < 4.78 is 29.4. The van der Waals surface area contributed by atoms with Gasteiger partial charge in [0.25, 0.3) is 10.0 Å². The number of amides is 2. The predicted molar refractivity (Wildman–Crippen MR) is 168 cm³/mol. The van der Waals surface area contributed by atoms with Crippen molar-refractivity contribution in [1.29, 1.82) is 0 Å². The molecule has 1 saturated carbocycles. The summed E-state index contributed by atoms with van der Waals surface area (Å²) in [7, 11) is -4.10. The molecular weight excluding hydrogens is 546 g/mol. The number of carbonyl (C=O) groups is 2. The van der Waals surface area contributed by atoms with Crippen molar-refractivity contribution in [3.63, 3.8) is 0 Å². The van der Waals surface area contributed by atoms with Crippen molar-refractivity contribution in [2.75, 3.05) is 10.8 Å². The van der Waals surface area contributed by atoms with Gasteiger partial charge in [-0.1, -0.05) is 73.4 Å². The maximum absolute atomic E-state index is 14.3. The summed E-state index contributed by atoms with van der Waals surface area (Å²) in [5.41, 5.74) is 5.06. The van der Waals surface area contributed by atoms with Gasteiger partial charge in [0.1, 0.15) is 12.6 Å². The van der Waals surface area contributed by atoms with Crippen LogP contribution in [0.1, 0.15) is 66.8 Å². The Morgan fingerprint density at radius 1 is 0.857 bits per heavy atom. The molecule has 0 saturated heterocycles. The molecule has 0 radical (unpaired) electrons. The second-order valence-corrected chi connectivity index (χ2v) is 13.5. The third-order valence-corrected chi connectivity index (χ3v) is 9.69. The Morgan fingerprint density at radius 2 is 1.50 bits per heavy atom. The number of sulfonamides is 1. The van der Waals surface area contributed by atoms with E-state index in [4.69, 9.17) is 0 Å². The molecule has 2 amide bonds. The highest BCUT2D eigenvalue weighted by Crippen LogP contribution is 2.27. The van der Waals surface area contributed by atoms with E-state index < -0.39 is 28.5 Å². The van der Waals surface area contributed by atoms with E-state index in [1.54, 1.807) is 41.3 Å². The van der Waals surface area contributed by atoms with Crippen LogP contribution < -0.4 is 9.62 Å². The molecule has 1 fully saturated rings. The van der Waals surface area contributed by atoms with Crippen molar-refractivity contribution in [3.8, 4) is 0 Å². The lowest BCUT2D eigenvalue weighted by molar-refractivity contribution is -0.140. The van der Waals surface area contributed by atoms with Crippen LogP contribution in [0.25, 0.3) is 0 Å². The lowest BCUT2D eigenvalue weighted by atomic mass is 10.1. The first-order valence-corrected chi connectivity index (χ1v) is 16.2. The number of hydrogen-bond acceptors (Lipinski definition) is 4. The number of aryl methyl sites for hydroxylation is 4. The van der Waals surface area contributed by atoms with E-state index in [2.05, 4.69) is 5.32 Å². The minimum Gasteiger partial charge on any atom is -0.352 e. The Bertz CT molecular complexity index is 1490. The molecule has 1 atom stereocenters. The summed E-state index contributed by atoms with van der Waals surface area (Å²) in [6.45, 7) is 9.34. The van der Waals surface area contributed by atoms with Crippen LogP contribution in [0.4, 0.5) is 5.69 Å². The summed E-state index contributed by atoms with van der Waals surface area (Å²) >= 11 is 0. The second-order valence-electron chi connectivity index (χ2n) is 11.6. The van der Waals surface area contributed by atoms with Gasteiger partial charge in [0.2, 0.25) is 11.8 Å². The number of rotatable bonds is 11. The summed E-state index contributed by atoms with van der Waals surface area (Å²) in [5.74, 6) is -0.621. The fourth-order valence-electron chi connectivity index (χ4n) is 5.76. The Hall–Kier alpha value is -3.65. The van der Waals surface area contributed by atoms with Crippen LogP contribution in [0.3, 0.4) is 0 Å². The Balaban J connectivity index is 1.74. The number of nitrogens with zero attached hydrogens (tertiary/aromatic N) is 2. The molecule has 1 N–H and O–H groups in total. The van der Waals surface area contributed by atoms with Crippen LogP contribution >= 0.6 is 0 Å². The molecule has 0 bridgehead atoms. The standard InChI is InChI=1S/C34H43N3O4S/c1-6-32(34(39)35-29-12-7-8-13-29)36(22-28-11-9-10-25(3)19-28)33(38)23-37(30-20-26(4)18-27(5)21-30)42(40,41)31-16-14-24(2)15-17-31/h9-11,14-21,29,32H,6-8,12-13,22-23H2,1-5H3,(H,35,39)/t32-/m0/s1. The van der Waals surface area contributed by atoms with Gasteiger partial charge in [-0.25, -0.2) is 8.42 Å². The average molecular weight is 590 g/mol. The van der Waals surface area contributed by atoms with E-state index in [1.165, 1.54) is 4.31 Å². The smallest absolute Gasteiger partial charge is 0.264 e. The van der Waals surface area contributed by atoms with E-state index in [1.807, 2.05) is 65.0 Å². The van der Waals surface area contributed by atoms with Crippen LogP contribution in [-0.2, 0) is 26.2 Å². The highest BCUT2D eigenvalue weighted by molar-refractivity contribution is 7.92. The number of anilines is 1. The highest BCUT2D eigenvalue weighted by atomic mass is 32.2. The number of nitrogens with one attached hydrogen (secondary N) is 1. The van der Waals surface area contributed by atoms with Crippen molar-refractivity contribution >= 4 is 27.5 Å². The Morgan fingerprint density at radius 3 is 2.10 bits per heavy atom. The summed E-state index contributed by atoms with van der Waals surface area (Å²) in [6.07, 6.45) is 4.43. The van der Waals surface area contributed by atoms with Crippen LogP contribution in [0, 0.1) is 27.7 Å². The molecule has 0 aromatic heterocycles. The summed E-state index contributed by atoms with van der Waals surface area (Å²) in [5, 5.41) is 3.16. The molecule has 42 heavy (non-hydrogen) atoms. The van der Waals surface area contributed by atoms with E-state index in [-0.39, 0.29) is 23.4 Å². The topological polar surface area (TPSA) is 86.8 Å². The Kier molecular flexibility index (Phi) is 10.1. The maximum atomic E-state index is 14.3. The molecule has 7 nitrogen and oxygen atoms in total. The van der Waals surface area contributed by atoms with Crippen molar-refractivity contribution < 1.29 is 18.0 Å². The molecule has 8 heteroatoms. The van der Waals surface area contributed by atoms with Crippen LogP contribution in [0.15, 0.2) is 71.6 Å². The summed E-state index contributed by atoms with van der Waals surface area (Å²) in [4.78, 5) is 29.6. The third kappa shape index (κ3) is 7.59. The zero-order valence-electron chi connectivity index (χ0n) is 25.4. The number of hydrogen-bond donors (Lipinski definition) is 1. The van der Waals surface area contributed by atoms with Crippen molar-refractivity contribution in [2.24, 2.45) is 0 Å². The minimum absolute atomic E-state index is 0.108. The average Bonchev–Trinajstić information content (AvgIpc) is 3.44. The van der Waals surface area contributed by atoms with Gasteiger partial charge in [0.15, 0.2) is 0 Å². The van der Waals surface area contributed by atoms with E-state index >= 15 is 0 Å². The lowest BCUT2D eigenvalue weighted by Crippen LogP contribution is -2.53. The molecule has 3 aromatic carbocycles. The zero-order chi connectivity index (χ0) is 30.4. The van der Waals surface area contributed by atoms with E-state index in [9.17, 15) is 18.0 Å². The molecular formula is C34H43N3O4S. The zero-order valence-corrected chi connectivity index (χ0v) is 26.2. The lowest BCUT2D eigenvalue weighted by Gasteiger charge is -2.34. The predicted octanol–water partition coefficient (Wildman–Crippen LogP) is 5.98. The molecule has 0 heterocycles. The summed E-state index contributed by atoms with van der Waals surface area (Å²) in [6, 6.07) is 19.4. The molecule has 0 unspecified atom stereocenters. The van der Waals surface area contributed by atoms with Gasteiger partial charge in [-0.05, 0) is 87.9 Å². The first kappa shape index (κ1) is 31.3. The number of carbonyl (C=O) groups excluding carboxylic acids is 2. The first-order chi connectivity index (χ1) is 20.0. The highest BCUT2D eigenvalue weighted by Gasteiger charge is 2.34.